The van der Waals surface area contributed by atoms with E-state index in [1.54, 1.807) is 0 Å². The van der Waals surface area contributed by atoms with Gasteiger partial charge in [0.05, 0.1) is 12.2 Å². The van der Waals surface area contributed by atoms with E-state index in [1.807, 2.05) is 7.11 Å². The number of nitrogens with one attached hydrogen (secondary N) is 1. The Hall–Kier alpha value is -1.06. The minimum atomic E-state index is 0.0981. The third-order valence-electron chi connectivity index (χ3n) is 5.03. The Kier molecular flexibility index (Phi) is 4.51. The molecule has 1 aromatic carbocycles. The standard InChI is InChI=1S/C18H27NO2/c1-3-10-19-16(13-18(20-2)8-4-9-18)14-5-6-17-15(12-14)7-11-21-17/h5-6,12,16,19H,3-4,7-11,13H2,1-2H3. The number of hydrogen-bond donors (Lipinski definition) is 1. The van der Waals surface area contributed by atoms with Gasteiger partial charge in [-0.3, -0.25) is 0 Å². The fourth-order valence-corrected chi connectivity index (χ4v) is 3.48. The van der Waals surface area contributed by atoms with Crippen LogP contribution in [0.3, 0.4) is 0 Å². The van der Waals surface area contributed by atoms with Crippen LogP contribution in [-0.2, 0) is 11.2 Å². The molecule has 2 aliphatic rings. The van der Waals surface area contributed by atoms with E-state index in [-0.39, 0.29) is 5.60 Å². The van der Waals surface area contributed by atoms with E-state index in [9.17, 15) is 0 Å². The summed E-state index contributed by atoms with van der Waals surface area (Å²) in [6.07, 6.45) is 6.96. The van der Waals surface area contributed by atoms with Crippen LogP contribution in [0.2, 0.25) is 0 Å². The normalized spacial score (nSPS) is 20.5. The molecule has 0 amide bonds. The highest BCUT2D eigenvalue weighted by atomic mass is 16.5. The number of rotatable bonds is 7. The summed E-state index contributed by atoms with van der Waals surface area (Å²) in [5, 5.41) is 3.71. The molecule has 1 aliphatic carbocycles. The maximum absolute atomic E-state index is 5.83. The van der Waals surface area contributed by atoms with Crippen LogP contribution in [0.25, 0.3) is 0 Å². The highest BCUT2D eigenvalue weighted by molar-refractivity contribution is 5.41. The number of ether oxygens (including phenoxy) is 2. The zero-order valence-electron chi connectivity index (χ0n) is 13.3. The van der Waals surface area contributed by atoms with Gasteiger partial charge in [-0.2, -0.15) is 0 Å². The van der Waals surface area contributed by atoms with Gasteiger partial charge in [-0.05, 0) is 55.8 Å². The number of methoxy groups -OCH3 is 1. The molecule has 116 valence electrons. The zero-order chi connectivity index (χ0) is 14.7. The molecule has 0 saturated heterocycles. The molecule has 3 nitrogen and oxygen atoms in total. The van der Waals surface area contributed by atoms with Crippen LogP contribution < -0.4 is 10.1 Å². The molecule has 0 aromatic heterocycles. The molecular formula is C18H27NO2. The molecule has 1 unspecified atom stereocenters. The predicted molar refractivity (Wildman–Crippen MR) is 84.9 cm³/mol. The Bertz CT molecular complexity index is 477. The quantitative estimate of drug-likeness (QED) is 0.831. The van der Waals surface area contributed by atoms with Gasteiger partial charge < -0.3 is 14.8 Å². The summed E-state index contributed by atoms with van der Waals surface area (Å²) in [4.78, 5) is 0. The minimum Gasteiger partial charge on any atom is -0.493 e. The Morgan fingerprint density at radius 1 is 1.38 bits per heavy atom. The lowest BCUT2D eigenvalue weighted by atomic mass is 9.74. The second-order valence-electron chi connectivity index (χ2n) is 6.42. The summed E-state index contributed by atoms with van der Waals surface area (Å²) in [5.74, 6) is 1.07. The Labute approximate surface area is 128 Å². The lowest BCUT2D eigenvalue weighted by Gasteiger charge is -2.43. The van der Waals surface area contributed by atoms with Gasteiger partial charge in [0.15, 0.2) is 0 Å². The van der Waals surface area contributed by atoms with Gasteiger partial charge in [-0.25, -0.2) is 0 Å². The highest BCUT2D eigenvalue weighted by Crippen LogP contribution is 2.42. The molecule has 3 rings (SSSR count). The topological polar surface area (TPSA) is 30.5 Å². The second-order valence-corrected chi connectivity index (χ2v) is 6.42. The van der Waals surface area contributed by atoms with Crippen LogP contribution in [0.4, 0.5) is 0 Å². The number of fused-ring (bicyclic) bond motifs is 1. The molecule has 1 heterocycles. The largest absolute Gasteiger partial charge is 0.493 e. The first-order valence-electron chi connectivity index (χ1n) is 8.30. The fraction of sp³-hybridized carbons (Fsp3) is 0.667. The Morgan fingerprint density at radius 3 is 2.90 bits per heavy atom. The molecule has 1 aromatic rings. The fourth-order valence-electron chi connectivity index (χ4n) is 3.48. The molecule has 1 saturated carbocycles. The van der Waals surface area contributed by atoms with Gasteiger partial charge in [0.2, 0.25) is 0 Å². The average Bonchev–Trinajstić information content (AvgIpc) is 2.93. The van der Waals surface area contributed by atoms with E-state index in [0.29, 0.717) is 6.04 Å². The van der Waals surface area contributed by atoms with E-state index in [2.05, 4.69) is 30.4 Å². The SMILES string of the molecule is CCCNC(CC1(OC)CCC1)c1ccc2c(c1)CCO2. The summed E-state index contributed by atoms with van der Waals surface area (Å²) in [6, 6.07) is 7.08. The molecule has 1 N–H and O–H groups in total. The molecular weight excluding hydrogens is 262 g/mol. The van der Waals surface area contributed by atoms with Crippen LogP contribution in [0.15, 0.2) is 18.2 Å². The van der Waals surface area contributed by atoms with Gasteiger partial charge >= 0.3 is 0 Å². The van der Waals surface area contributed by atoms with Crippen molar-refractivity contribution in [1.29, 1.82) is 0 Å². The molecule has 1 fully saturated rings. The van der Waals surface area contributed by atoms with Crippen molar-refractivity contribution in [3.8, 4) is 5.75 Å². The molecule has 3 heteroatoms. The Balaban J connectivity index is 1.78. The van der Waals surface area contributed by atoms with Crippen LogP contribution in [0, 0.1) is 0 Å². The average molecular weight is 289 g/mol. The monoisotopic (exact) mass is 289 g/mol. The summed E-state index contributed by atoms with van der Waals surface area (Å²) in [5.41, 5.74) is 2.84. The summed E-state index contributed by atoms with van der Waals surface area (Å²) < 4.78 is 11.5. The van der Waals surface area contributed by atoms with Gasteiger partial charge in [-0.15, -0.1) is 0 Å². The molecule has 1 atom stereocenters. The van der Waals surface area contributed by atoms with E-state index in [4.69, 9.17) is 9.47 Å². The summed E-state index contributed by atoms with van der Waals surface area (Å²) in [6.45, 7) is 4.10. The predicted octanol–water partition coefficient (Wildman–Crippen LogP) is 3.62. The highest BCUT2D eigenvalue weighted by Gasteiger charge is 2.39. The van der Waals surface area contributed by atoms with E-state index in [0.717, 1.165) is 38.2 Å². The van der Waals surface area contributed by atoms with Crippen molar-refractivity contribution in [3.05, 3.63) is 29.3 Å². The van der Waals surface area contributed by atoms with Crippen molar-refractivity contribution in [3.63, 3.8) is 0 Å². The molecule has 21 heavy (non-hydrogen) atoms. The maximum Gasteiger partial charge on any atom is 0.122 e. The Morgan fingerprint density at radius 2 is 2.24 bits per heavy atom. The first-order chi connectivity index (χ1) is 10.3. The van der Waals surface area contributed by atoms with Gasteiger partial charge in [0, 0.05) is 19.6 Å². The zero-order valence-corrected chi connectivity index (χ0v) is 13.3. The van der Waals surface area contributed by atoms with Crippen LogP contribution >= 0.6 is 0 Å². The smallest absolute Gasteiger partial charge is 0.122 e. The van der Waals surface area contributed by atoms with Crippen molar-refractivity contribution in [2.24, 2.45) is 0 Å². The summed E-state index contributed by atoms with van der Waals surface area (Å²) >= 11 is 0. The van der Waals surface area contributed by atoms with E-state index < -0.39 is 0 Å². The van der Waals surface area contributed by atoms with E-state index in [1.165, 1.54) is 30.4 Å². The minimum absolute atomic E-state index is 0.0981. The van der Waals surface area contributed by atoms with Crippen molar-refractivity contribution in [2.75, 3.05) is 20.3 Å². The van der Waals surface area contributed by atoms with Crippen molar-refractivity contribution >= 4 is 0 Å². The number of hydrogen-bond acceptors (Lipinski definition) is 3. The van der Waals surface area contributed by atoms with E-state index >= 15 is 0 Å². The molecule has 0 bridgehead atoms. The van der Waals surface area contributed by atoms with Crippen LogP contribution in [-0.4, -0.2) is 25.9 Å². The van der Waals surface area contributed by atoms with Gasteiger partial charge in [-0.1, -0.05) is 19.1 Å². The lowest BCUT2D eigenvalue weighted by Crippen LogP contribution is -2.43. The number of benzene rings is 1. The molecule has 1 aliphatic heterocycles. The third kappa shape index (κ3) is 3.09. The summed E-state index contributed by atoms with van der Waals surface area (Å²) in [7, 11) is 1.87. The maximum atomic E-state index is 5.83. The molecule has 0 radical (unpaired) electrons. The molecule has 0 spiro atoms. The van der Waals surface area contributed by atoms with Crippen LogP contribution in [0.1, 0.15) is 56.2 Å². The van der Waals surface area contributed by atoms with Crippen LogP contribution in [0.5, 0.6) is 5.75 Å². The first kappa shape index (κ1) is 14.9. The lowest BCUT2D eigenvalue weighted by molar-refractivity contribution is -0.0838. The van der Waals surface area contributed by atoms with Gasteiger partial charge in [0.25, 0.3) is 0 Å². The van der Waals surface area contributed by atoms with Crippen molar-refractivity contribution < 1.29 is 9.47 Å². The second kappa shape index (κ2) is 6.37. The van der Waals surface area contributed by atoms with Crippen molar-refractivity contribution in [1.82, 2.24) is 5.32 Å². The van der Waals surface area contributed by atoms with Crippen molar-refractivity contribution in [2.45, 2.75) is 57.1 Å². The third-order valence-corrected chi connectivity index (χ3v) is 5.03. The van der Waals surface area contributed by atoms with Gasteiger partial charge in [0.1, 0.15) is 5.75 Å². The first-order valence-corrected chi connectivity index (χ1v) is 8.30.